The lowest BCUT2D eigenvalue weighted by molar-refractivity contribution is -0.151. The van der Waals surface area contributed by atoms with Gasteiger partial charge in [-0.2, -0.15) is 0 Å². The van der Waals surface area contributed by atoms with Gasteiger partial charge in [0, 0.05) is 28.8 Å². The van der Waals surface area contributed by atoms with Crippen molar-refractivity contribution >= 4 is 45.1 Å². The molecule has 7 heteroatoms. The van der Waals surface area contributed by atoms with Crippen LogP contribution in [0.4, 0.5) is 11.4 Å². The van der Waals surface area contributed by atoms with Crippen LogP contribution in [0.3, 0.4) is 0 Å². The molecular weight excluding hydrogens is 436 g/mol. The number of esters is 1. The zero-order chi connectivity index (χ0) is 21.1. The molecule has 0 bridgehead atoms. The van der Waals surface area contributed by atoms with Crippen LogP contribution >= 0.6 is 15.9 Å². The minimum atomic E-state index is -0.579. The quantitative estimate of drug-likeness (QED) is 0.689. The minimum Gasteiger partial charge on any atom is -0.455 e. The molecule has 152 valence electrons. The maximum absolute atomic E-state index is 12.4. The zero-order valence-corrected chi connectivity index (χ0v) is 18.2. The van der Waals surface area contributed by atoms with Crippen molar-refractivity contribution in [3.05, 3.63) is 57.6 Å². The lowest BCUT2D eigenvalue weighted by Crippen LogP contribution is -2.28. The van der Waals surface area contributed by atoms with E-state index in [0.717, 1.165) is 26.9 Å². The van der Waals surface area contributed by atoms with Gasteiger partial charge in [-0.15, -0.1) is 0 Å². The van der Waals surface area contributed by atoms with Crippen LogP contribution in [0, 0.1) is 26.7 Å². The number of nitrogens with one attached hydrogen (secondary N) is 1. The van der Waals surface area contributed by atoms with Crippen molar-refractivity contribution in [2.24, 2.45) is 5.92 Å². The zero-order valence-electron chi connectivity index (χ0n) is 16.6. The summed E-state index contributed by atoms with van der Waals surface area (Å²) in [5.41, 5.74) is 4.46. The lowest BCUT2D eigenvalue weighted by Gasteiger charge is -2.20. The van der Waals surface area contributed by atoms with Crippen molar-refractivity contribution < 1.29 is 19.1 Å². The Bertz CT molecular complexity index is 973. The molecule has 3 rings (SSSR count). The van der Waals surface area contributed by atoms with Gasteiger partial charge in [-0.3, -0.25) is 14.4 Å². The Hall–Kier alpha value is -2.67. The van der Waals surface area contributed by atoms with E-state index < -0.39 is 17.8 Å². The summed E-state index contributed by atoms with van der Waals surface area (Å²) in [6, 6.07) is 11.2. The fourth-order valence-corrected chi connectivity index (χ4v) is 3.81. The predicted octanol–water partition coefficient (Wildman–Crippen LogP) is 3.91. The Labute approximate surface area is 178 Å². The molecule has 6 nitrogen and oxygen atoms in total. The number of amides is 2. The Morgan fingerprint density at radius 2 is 1.93 bits per heavy atom. The van der Waals surface area contributed by atoms with Gasteiger partial charge in [0.2, 0.25) is 5.91 Å². The summed E-state index contributed by atoms with van der Waals surface area (Å²) >= 11 is 3.37. The number of nitrogens with zero attached hydrogens (tertiary/aromatic N) is 1. The molecule has 1 fully saturated rings. The standard InChI is InChI=1S/C22H23BrN2O4/c1-13-5-4-6-19(15(13)3)25-11-16(10-21(25)27)22(28)29-12-20(26)24-18-8-7-17(23)9-14(18)2/h4-9,16H,10-12H2,1-3H3,(H,24,26)/t16-/m0/s1. The third-order valence-electron chi connectivity index (χ3n) is 5.13. The molecule has 2 aromatic carbocycles. The molecule has 1 atom stereocenters. The highest BCUT2D eigenvalue weighted by molar-refractivity contribution is 9.10. The predicted molar refractivity (Wildman–Crippen MR) is 115 cm³/mol. The van der Waals surface area contributed by atoms with Gasteiger partial charge in [-0.05, 0) is 61.7 Å². The van der Waals surface area contributed by atoms with Gasteiger partial charge in [0.05, 0.1) is 5.92 Å². The number of carbonyl (C=O) groups is 3. The van der Waals surface area contributed by atoms with E-state index >= 15 is 0 Å². The molecule has 1 heterocycles. The number of carbonyl (C=O) groups excluding carboxylic acids is 3. The van der Waals surface area contributed by atoms with Crippen LogP contribution < -0.4 is 10.2 Å². The largest absolute Gasteiger partial charge is 0.455 e. The van der Waals surface area contributed by atoms with Crippen molar-refractivity contribution in [2.45, 2.75) is 27.2 Å². The van der Waals surface area contributed by atoms with E-state index in [1.165, 1.54) is 0 Å². The molecule has 1 aliphatic heterocycles. The van der Waals surface area contributed by atoms with Gasteiger partial charge in [0.15, 0.2) is 6.61 Å². The summed E-state index contributed by atoms with van der Waals surface area (Å²) in [6.07, 6.45) is 0.0830. The van der Waals surface area contributed by atoms with E-state index in [2.05, 4.69) is 21.2 Å². The van der Waals surface area contributed by atoms with E-state index in [9.17, 15) is 14.4 Å². The average molecular weight is 459 g/mol. The molecule has 1 aliphatic rings. The topological polar surface area (TPSA) is 75.7 Å². The summed E-state index contributed by atoms with van der Waals surface area (Å²) in [4.78, 5) is 38.6. The van der Waals surface area contributed by atoms with Gasteiger partial charge < -0.3 is 15.0 Å². The Morgan fingerprint density at radius 1 is 1.17 bits per heavy atom. The van der Waals surface area contributed by atoms with Crippen LogP contribution in [0.2, 0.25) is 0 Å². The van der Waals surface area contributed by atoms with E-state index in [-0.39, 0.29) is 25.5 Å². The van der Waals surface area contributed by atoms with Crippen molar-refractivity contribution in [3.8, 4) is 0 Å². The minimum absolute atomic E-state index is 0.0830. The average Bonchev–Trinajstić information content (AvgIpc) is 3.06. The number of ether oxygens (including phenoxy) is 1. The first-order chi connectivity index (χ1) is 13.8. The summed E-state index contributed by atoms with van der Waals surface area (Å²) in [6.45, 7) is 5.69. The molecule has 0 spiro atoms. The van der Waals surface area contributed by atoms with Gasteiger partial charge >= 0.3 is 5.97 Å². The number of hydrogen-bond donors (Lipinski definition) is 1. The van der Waals surface area contributed by atoms with Crippen LogP contribution in [-0.2, 0) is 19.1 Å². The lowest BCUT2D eigenvalue weighted by atomic mass is 10.1. The van der Waals surface area contributed by atoms with E-state index in [0.29, 0.717) is 5.69 Å². The van der Waals surface area contributed by atoms with Gasteiger partial charge in [-0.25, -0.2) is 0 Å². The highest BCUT2D eigenvalue weighted by Gasteiger charge is 2.37. The highest BCUT2D eigenvalue weighted by atomic mass is 79.9. The van der Waals surface area contributed by atoms with Crippen LogP contribution in [-0.4, -0.2) is 30.9 Å². The van der Waals surface area contributed by atoms with E-state index in [1.54, 1.807) is 11.0 Å². The van der Waals surface area contributed by atoms with Crippen LogP contribution in [0.25, 0.3) is 0 Å². The normalized spacial score (nSPS) is 16.1. The number of hydrogen-bond acceptors (Lipinski definition) is 4. The Morgan fingerprint density at radius 3 is 2.66 bits per heavy atom. The maximum Gasteiger partial charge on any atom is 0.311 e. The summed E-state index contributed by atoms with van der Waals surface area (Å²) in [5.74, 6) is -1.64. The number of benzene rings is 2. The third-order valence-corrected chi connectivity index (χ3v) is 5.63. The highest BCUT2D eigenvalue weighted by Crippen LogP contribution is 2.30. The molecule has 0 aromatic heterocycles. The summed E-state index contributed by atoms with van der Waals surface area (Å²) in [5, 5.41) is 2.73. The first kappa shape index (κ1) is 21.0. The van der Waals surface area contributed by atoms with Gasteiger partial charge in [0.1, 0.15) is 0 Å². The Kier molecular flexibility index (Phi) is 6.37. The molecule has 0 radical (unpaired) electrons. The van der Waals surface area contributed by atoms with E-state index in [1.807, 2.05) is 51.1 Å². The summed E-state index contributed by atoms with van der Waals surface area (Å²) < 4.78 is 6.09. The maximum atomic E-state index is 12.4. The number of rotatable bonds is 5. The van der Waals surface area contributed by atoms with Crippen LogP contribution in [0.5, 0.6) is 0 Å². The second-order valence-corrected chi connectivity index (χ2v) is 8.16. The van der Waals surface area contributed by atoms with Crippen molar-refractivity contribution in [1.82, 2.24) is 0 Å². The molecule has 1 N–H and O–H groups in total. The number of aryl methyl sites for hydroxylation is 2. The molecule has 0 unspecified atom stereocenters. The molecule has 2 amide bonds. The molecular formula is C22H23BrN2O4. The first-order valence-electron chi connectivity index (χ1n) is 9.35. The van der Waals surface area contributed by atoms with Crippen molar-refractivity contribution in [2.75, 3.05) is 23.4 Å². The SMILES string of the molecule is Cc1cc(Br)ccc1NC(=O)COC(=O)[C@H]1CC(=O)N(c2cccc(C)c2C)C1. The molecule has 29 heavy (non-hydrogen) atoms. The Balaban J connectivity index is 1.56. The molecule has 0 saturated carbocycles. The summed E-state index contributed by atoms with van der Waals surface area (Å²) in [7, 11) is 0. The number of halogens is 1. The van der Waals surface area contributed by atoms with Gasteiger partial charge in [-0.1, -0.05) is 28.1 Å². The monoisotopic (exact) mass is 458 g/mol. The second kappa shape index (κ2) is 8.78. The van der Waals surface area contributed by atoms with Crippen molar-refractivity contribution in [3.63, 3.8) is 0 Å². The van der Waals surface area contributed by atoms with Crippen LogP contribution in [0.1, 0.15) is 23.1 Å². The molecule has 2 aromatic rings. The number of anilines is 2. The second-order valence-electron chi connectivity index (χ2n) is 7.24. The molecule has 1 saturated heterocycles. The molecule has 0 aliphatic carbocycles. The first-order valence-corrected chi connectivity index (χ1v) is 10.1. The smallest absolute Gasteiger partial charge is 0.311 e. The fourth-order valence-electron chi connectivity index (χ4n) is 3.33. The van der Waals surface area contributed by atoms with Crippen molar-refractivity contribution in [1.29, 1.82) is 0 Å². The third kappa shape index (κ3) is 4.85. The van der Waals surface area contributed by atoms with Gasteiger partial charge in [0.25, 0.3) is 5.91 Å². The fraction of sp³-hybridized carbons (Fsp3) is 0.318. The van der Waals surface area contributed by atoms with E-state index in [4.69, 9.17) is 4.74 Å². The van der Waals surface area contributed by atoms with Crippen LogP contribution in [0.15, 0.2) is 40.9 Å².